The zero-order chi connectivity index (χ0) is 22.0. The standard InChI is InChI=1S/C26H20F4O/c1-16-7-14-22(26(30)23(16)27)31-15-17-8-10-19(11-9-17)21-13-12-20(24(28)25(21)29)18-5-3-2-4-6-18/h2-14,24-25H,15H2,1H3. The SMILES string of the molecule is Cc1ccc(OCc2ccc(C3=CC=C(c4ccccc4)C(F)C3F)cc2)c(F)c1F. The van der Waals surface area contributed by atoms with Crippen molar-refractivity contribution in [2.75, 3.05) is 0 Å². The van der Waals surface area contributed by atoms with Crippen molar-refractivity contribution in [3.63, 3.8) is 0 Å². The van der Waals surface area contributed by atoms with Crippen molar-refractivity contribution in [1.29, 1.82) is 0 Å². The molecule has 2 atom stereocenters. The van der Waals surface area contributed by atoms with Gasteiger partial charge in [-0.05, 0) is 46.4 Å². The van der Waals surface area contributed by atoms with Crippen LogP contribution in [-0.2, 0) is 6.61 Å². The van der Waals surface area contributed by atoms with Crippen LogP contribution in [0.4, 0.5) is 17.6 Å². The lowest BCUT2D eigenvalue weighted by Gasteiger charge is -2.24. The molecule has 0 saturated carbocycles. The van der Waals surface area contributed by atoms with Gasteiger partial charge in [-0.3, -0.25) is 0 Å². The molecule has 0 bridgehead atoms. The summed E-state index contributed by atoms with van der Waals surface area (Å²) in [6.45, 7) is 1.49. The second kappa shape index (κ2) is 8.80. The minimum absolute atomic E-state index is 0.0155. The van der Waals surface area contributed by atoms with Gasteiger partial charge in [0, 0.05) is 0 Å². The molecular formula is C26H20F4O. The van der Waals surface area contributed by atoms with Crippen LogP contribution in [0.2, 0.25) is 0 Å². The van der Waals surface area contributed by atoms with Crippen LogP contribution in [0, 0.1) is 18.6 Å². The van der Waals surface area contributed by atoms with Crippen molar-refractivity contribution in [1.82, 2.24) is 0 Å². The van der Waals surface area contributed by atoms with Gasteiger partial charge >= 0.3 is 0 Å². The quantitative estimate of drug-likeness (QED) is 0.400. The molecule has 1 aliphatic carbocycles. The molecule has 0 spiro atoms. The van der Waals surface area contributed by atoms with Crippen LogP contribution < -0.4 is 4.74 Å². The largest absolute Gasteiger partial charge is 0.486 e. The predicted molar refractivity (Wildman–Crippen MR) is 114 cm³/mol. The average Bonchev–Trinajstić information content (AvgIpc) is 2.80. The highest BCUT2D eigenvalue weighted by Crippen LogP contribution is 2.36. The third-order valence-electron chi connectivity index (χ3n) is 5.32. The Hall–Kier alpha value is -3.34. The Morgan fingerprint density at radius 1 is 0.710 bits per heavy atom. The van der Waals surface area contributed by atoms with E-state index in [-0.39, 0.29) is 23.5 Å². The molecule has 0 radical (unpaired) electrons. The van der Waals surface area contributed by atoms with E-state index in [1.807, 2.05) is 6.07 Å². The fraction of sp³-hybridized carbons (Fsp3) is 0.154. The number of ether oxygens (including phenoxy) is 1. The molecule has 0 aromatic heterocycles. The number of allylic oxidation sites excluding steroid dienone is 4. The van der Waals surface area contributed by atoms with Gasteiger partial charge in [-0.2, -0.15) is 4.39 Å². The Kier molecular flexibility index (Phi) is 5.94. The Bertz CT molecular complexity index is 1130. The van der Waals surface area contributed by atoms with Gasteiger partial charge in [0.2, 0.25) is 5.82 Å². The first-order chi connectivity index (χ1) is 15.0. The van der Waals surface area contributed by atoms with Crippen LogP contribution in [0.25, 0.3) is 11.1 Å². The number of hydrogen-bond acceptors (Lipinski definition) is 1. The third-order valence-corrected chi connectivity index (χ3v) is 5.32. The van der Waals surface area contributed by atoms with E-state index >= 15 is 0 Å². The lowest BCUT2D eigenvalue weighted by molar-refractivity contribution is 0.262. The molecule has 5 heteroatoms. The Morgan fingerprint density at radius 3 is 1.90 bits per heavy atom. The first-order valence-electron chi connectivity index (χ1n) is 9.87. The smallest absolute Gasteiger partial charge is 0.200 e. The maximum absolute atomic E-state index is 14.9. The lowest BCUT2D eigenvalue weighted by Crippen LogP contribution is -2.23. The zero-order valence-electron chi connectivity index (χ0n) is 16.8. The van der Waals surface area contributed by atoms with Crippen LogP contribution in [0.1, 0.15) is 22.3 Å². The number of alkyl halides is 2. The highest BCUT2D eigenvalue weighted by molar-refractivity contribution is 5.83. The van der Waals surface area contributed by atoms with Gasteiger partial charge in [0.25, 0.3) is 0 Å². The fourth-order valence-electron chi connectivity index (χ4n) is 3.51. The molecule has 2 unspecified atom stereocenters. The maximum atomic E-state index is 14.9. The minimum atomic E-state index is -1.79. The molecular weight excluding hydrogens is 404 g/mol. The van der Waals surface area contributed by atoms with E-state index in [1.54, 1.807) is 60.7 Å². The second-order valence-corrected chi connectivity index (χ2v) is 7.41. The van der Waals surface area contributed by atoms with E-state index in [0.29, 0.717) is 22.3 Å². The summed E-state index contributed by atoms with van der Waals surface area (Å²) in [6.07, 6.45) is -0.340. The van der Waals surface area contributed by atoms with Crippen LogP contribution in [0.15, 0.2) is 78.9 Å². The number of hydrogen-bond donors (Lipinski definition) is 0. The summed E-state index contributed by atoms with van der Waals surface area (Å²) >= 11 is 0. The zero-order valence-corrected chi connectivity index (χ0v) is 16.8. The van der Waals surface area contributed by atoms with E-state index in [4.69, 9.17) is 4.74 Å². The molecule has 1 nitrogen and oxygen atoms in total. The lowest BCUT2D eigenvalue weighted by atomic mass is 9.87. The molecule has 0 saturated heterocycles. The highest BCUT2D eigenvalue weighted by Gasteiger charge is 2.31. The van der Waals surface area contributed by atoms with Gasteiger partial charge in [0.15, 0.2) is 23.9 Å². The highest BCUT2D eigenvalue weighted by atomic mass is 19.2. The number of halogens is 4. The van der Waals surface area contributed by atoms with Gasteiger partial charge in [-0.1, -0.05) is 72.8 Å². The molecule has 0 fully saturated rings. The Balaban J connectivity index is 1.50. The normalized spacial score (nSPS) is 18.4. The van der Waals surface area contributed by atoms with Crippen molar-refractivity contribution in [3.8, 4) is 5.75 Å². The molecule has 31 heavy (non-hydrogen) atoms. The number of aryl methyl sites for hydroxylation is 1. The molecule has 4 rings (SSSR count). The van der Waals surface area contributed by atoms with E-state index in [1.165, 1.54) is 19.1 Å². The summed E-state index contributed by atoms with van der Waals surface area (Å²) in [5, 5.41) is 0. The molecule has 3 aromatic carbocycles. The molecule has 158 valence electrons. The van der Waals surface area contributed by atoms with Crippen molar-refractivity contribution in [2.45, 2.75) is 25.9 Å². The number of benzene rings is 3. The molecule has 1 aliphatic rings. The van der Waals surface area contributed by atoms with Gasteiger partial charge in [-0.25, -0.2) is 13.2 Å². The van der Waals surface area contributed by atoms with Crippen LogP contribution in [-0.4, -0.2) is 12.3 Å². The van der Waals surface area contributed by atoms with Crippen molar-refractivity contribution < 1.29 is 22.3 Å². The van der Waals surface area contributed by atoms with E-state index in [0.717, 1.165) is 0 Å². The summed E-state index contributed by atoms with van der Waals surface area (Å²) in [4.78, 5) is 0. The predicted octanol–water partition coefficient (Wildman–Crippen LogP) is 7.01. The monoisotopic (exact) mass is 424 g/mol. The molecule has 0 amide bonds. The Morgan fingerprint density at radius 2 is 1.29 bits per heavy atom. The first-order valence-corrected chi connectivity index (χ1v) is 9.87. The summed E-state index contributed by atoms with van der Waals surface area (Å²) in [5.41, 5.74) is 2.66. The van der Waals surface area contributed by atoms with Gasteiger partial charge in [0.1, 0.15) is 6.61 Å². The van der Waals surface area contributed by atoms with E-state index < -0.39 is 24.0 Å². The summed E-state index contributed by atoms with van der Waals surface area (Å²) in [5.74, 6) is -2.14. The summed E-state index contributed by atoms with van der Waals surface area (Å²) in [7, 11) is 0. The minimum Gasteiger partial charge on any atom is -0.486 e. The Labute approximate surface area is 178 Å². The molecule has 0 N–H and O–H groups in total. The van der Waals surface area contributed by atoms with Crippen molar-refractivity contribution in [2.24, 2.45) is 0 Å². The second-order valence-electron chi connectivity index (χ2n) is 7.41. The third kappa shape index (κ3) is 4.26. The van der Waals surface area contributed by atoms with Crippen LogP contribution >= 0.6 is 0 Å². The summed E-state index contributed by atoms with van der Waals surface area (Å²) < 4.78 is 62.6. The van der Waals surface area contributed by atoms with Crippen LogP contribution in [0.3, 0.4) is 0 Å². The first kappa shape index (κ1) is 20.9. The molecule has 3 aromatic rings. The van der Waals surface area contributed by atoms with E-state index in [9.17, 15) is 17.6 Å². The van der Waals surface area contributed by atoms with Crippen molar-refractivity contribution >= 4 is 11.1 Å². The molecule has 0 heterocycles. The topological polar surface area (TPSA) is 9.23 Å². The van der Waals surface area contributed by atoms with Gasteiger partial charge in [0.05, 0.1) is 0 Å². The van der Waals surface area contributed by atoms with E-state index in [2.05, 4.69) is 0 Å². The average molecular weight is 424 g/mol. The molecule has 0 aliphatic heterocycles. The fourth-order valence-corrected chi connectivity index (χ4v) is 3.51. The maximum Gasteiger partial charge on any atom is 0.200 e. The van der Waals surface area contributed by atoms with Gasteiger partial charge in [-0.15, -0.1) is 0 Å². The van der Waals surface area contributed by atoms with Crippen LogP contribution in [0.5, 0.6) is 5.75 Å². The van der Waals surface area contributed by atoms with Gasteiger partial charge < -0.3 is 4.74 Å². The number of rotatable bonds is 5. The summed E-state index contributed by atoms with van der Waals surface area (Å²) in [6, 6.07) is 18.4. The van der Waals surface area contributed by atoms with Crippen molar-refractivity contribution in [3.05, 3.63) is 113 Å².